The molecule has 0 aliphatic heterocycles. The molecule has 0 bridgehead atoms. The normalized spacial score (nSPS) is 10.8. The Morgan fingerprint density at radius 1 is 1.40 bits per heavy atom. The van der Waals surface area contributed by atoms with Crippen LogP contribution < -0.4 is 10.1 Å². The van der Waals surface area contributed by atoms with Crippen LogP contribution in [-0.4, -0.2) is 29.2 Å². The predicted molar refractivity (Wildman–Crippen MR) is 91.8 cm³/mol. The maximum Gasteiger partial charge on any atom is 0.317 e. The van der Waals surface area contributed by atoms with Gasteiger partial charge >= 0.3 is 6.03 Å². The van der Waals surface area contributed by atoms with Crippen molar-refractivity contribution in [2.24, 2.45) is 0 Å². The van der Waals surface area contributed by atoms with E-state index in [0.717, 1.165) is 11.3 Å². The highest BCUT2D eigenvalue weighted by Crippen LogP contribution is 2.20. The maximum atomic E-state index is 14.0. The molecule has 2 amide bonds. The predicted octanol–water partition coefficient (Wildman–Crippen LogP) is 3.56. The highest BCUT2D eigenvalue weighted by Gasteiger charge is 2.15. The number of ether oxygens (including phenoxy) is 1. The van der Waals surface area contributed by atoms with E-state index in [4.69, 9.17) is 9.26 Å². The summed E-state index contributed by atoms with van der Waals surface area (Å²) in [5.74, 6) is 0.463. The number of hydrogen-bond donors (Lipinski definition) is 1. The van der Waals surface area contributed by atoms with Crippen LogP contribution in [0.3, 0.4) is 0 Å². The van der Waals surface area contributed by atoms with Gasteiger partial charge in [0.15, 0.2) is 11.6 Å². The van der Waals surface area contributed by atoms with E-state index in [9.17, 15) is 9.18 Å². The molecule has 1 heterocycles. The maximum absolute atomic E-state index is 14.0. The number of aryl methyl sites for hydroxylation is 2. The van der Waals surface area contributed by atoms with Crippen LogP contribution in [0.4, 0.5) is 9.18 Å². The van der Waals surface area contributed by atoms with E-state index in [2.05, 4.69) is 10.5 Å². The largest absolute Gasteiger partial charge is 0.488 e. The summed E-state index contributed by atoms with van der Waals surface area (Å²) in [7, 11) is 1.68. The molecule has 0 fully saturated rings. The molecule has 0 saturated heterocycles. The Bertz CT molecular complexity index is 724. The molecule has 2 rings (SSSR count). The zero-order valence-corrected chi connectivity index (χ0v) is 15.2. The lowest BCUT2D eigenvalue weighted by molar-refractivity contribution is 0.206. The zero-order chi connectivity index (χ0) is 18.6. The molecule has 1 aromatic carbocycles. The van der Waals surface area contributed by atoms with Gasteiger partial charge in [-0.3, -0.25) is 0 Å². The number of carbonyl (C=O) groups is 1. The van der Waals surface area contributed by atoms with E-state index < -0.39 is 5.82 Å². The first kappa shape index (κ1) is 18.8. The van der Waals surface area contributed by atoms with E-state index >= 15 is 0 Å². The van der Waals surface area contributed by atoms with Gasteiger partial charge in [0.25, 0.3) is 0 Å². The van der Waals surface area contributed by atoms with Gasteiger partial charge < -0.3 is 19.5 Å². The van der Waals surface area contributed by atoms with Crippen LogP contribution in [0.15, 0.2) is 22.7 Å². The van der Waals surface area contributed by atoms with Gasteiger partial charge in [-0.05, 0) is 45.4 Å². The third kappa shape index (κ3) is 4.95. The summed E-state index contributed by atoms with van der Waals surface area (Å²) in [6.45, 7) is 7.93. The Morgan fingerprint density at radius 3 is 2.68 bits per heavy atom. The fourth-order valence-corrected chi connectivity index (χ4v) is 2.35. The van der Waals surface area contributed by atoms with Gasteiger partial charge in [-0.15, -0.1) is 0 Å². The SMILES string of the molecule is Cc1noc(C)c1CN(C)C(=O)NCc1ccc(OC(C)C)c(F)c1. The average molecular weight is 349 g/mol. The molecule has 0 aliphatic carbocycles. The molecule has 136 valence electrons. The van der Waals surface area contributed by atoms with E-state index in [0.29, 0.717) is 17.9 Å². The Balaban J connectivity index is 1.92. The van der Waals surface area contributed by atoms with Crippen molar-refractivity contribution in [3.05, 3.63) is 46.6 Å². The molecule has 6 nitrogen and oxygen atoms in total. The molecule has 0 atom stereocenters. The minimum absolute atomic E-state index is 0.0990. The van der Waals surface area contributed by atoms with Crippen LogP contribution in [0.25, 0.3) is 0 Å². The van der Waals surface area contributed by atoms with Crippen LogP contribution in [0.5, 0.6) is 5.75 Å². The van der Waals surface area contributed by atoms with Crippen molar-refractivity contribution in [3.8, 4) is 5.75 Å². The van der Waals surface area contributed by atoms with E-state index in [-0.39, 0.29) is 24.4 Å². The number of hydrogen-bond acceptors (Lipinski definition) is 4. The minimum Gasteiger partial charge on any atom is -0.488 e. The van der Waals surface area contributed by atoms with Crippen molar-refractivity contribution in [2.75, 3.05) is 7.05 Å². The second kappa shape index (κ2) is 8.00. The van der Waals surface area contributed by atoms with E-state index in [1.807, 2.05) is 27.7 Å². The summed E-state index contributed by atoms with van der Waals surface area (Å²) in [6, 6.07) is 4.41. The first-order chi connectivity index (χ1) is 11.8. The van der Waals surface area contributed by atoms with E-state index in [1.54, 1.807) is 19.2 Å². The Hall–Kier alpha value is -2.57. The number of nitrogens with one attached hydrogen (secondary N) is 1. The number of aromatic nitrogens is 1. The van der Waals surface area contributed by atoms with Gasteiger partial charge in [0, 0.05) is 19.2 Å². The van der Waals surface area contributed by atoms with Crippen LogP contribution in [0, 0.1) is 19.7 Å². The lowest BCUT2D eigenvalue weighted by Gasteiger charge is -2.18. The van der Waals surface area contributed by atoms with Gasteiger partial charge in [-0.2, -0.15) is 0 Å². The molecule has 25 heavy (non-hydrogen) atoms. The molecular weight excluding hydrogens is 325 g/mol. The summed E-state index contributed by atoms with van der Waals surface area (Å²) in [6.07, 6.45) is -0.0990. The number of urea groups is 1. The molecule has 7 heteroatoms. The monoisotopic (exact) mass is 349 g/mol. The molecular formula is C18H24FN3O3. The Kier molecular flexibility index (Phi) is 6.01. The first-order valence-corrected chi connectivity index (χ1v) is 8.13. The smallest absolute Gasteiger partial charge is 0.317 e. The summed E-state index contributed by atoms with van der Waals surface area (Å²) in [4.78, 5) is 13.7. The van der Waals surface area contributed by atoms with Gasteiger partial charge in [0.2, 0.25) is 0 Å². The van der Waals surface area contributed by atoms with Crippen molar-refractivity contribution in [3.63, 3.8) is 0 Å². The third-order valence-electron chi connectivity index (χ3n) is 3.73. The van der Waals surface area contributed by atoms with Gasteiger partial charge in [0.05, 0.1) is 18.3 Å². The van der Waals surface area contributed by atoms with Crippen LogP contribution in [0.1, 0.15) is 36.4 Å². The van der Waals surface area contributed by atoms with Crippen molar-refractivity contribution in [1.29, 1.82) is 0 Å². The number of nitrogens with zero attached hydrogens (tertiary/aromatic N) is 2. The number of halogens is 1. The molecule has 0 aliphatic rings. The highest BCUT2D eigenvalue weighted by atomic mass is 19.1. The summed E-state index contributed by atoms with van der Waals surface area (Å²) in [5, 5.41) is 6.64. The second-order valence-corrected chi connectivity index (χ2v) is 6.25. The highest BCUT2D eigenvalue weighted by molar-refractivity contribution is 5.73. The molecule has 1 aromatic heterocycles. The fourth-order valence-electron chi connectivity index (χ4n) is 2.35. The van der Waals surface area contributed by atoms with Gasteiger partial charge in [-0.25, -0.2) is 9.18 Å². The summed E-state index contributed by atoms with van der Waals surface area (Å²) < 4.78 is 24.4. The summed E-state index contributed by atoms with van der Waals surface area (Å²) in [5.41, 5.74) is 2.31. The second-order valence-electron chi connectivity index (χ2n) is 6.25. The van der Waals surface area contributed by atoms with E-state index in [1.165, 1.54) is 11.0 Å². The molecule has 2 aromatic rings. The van der Waals surface area contributed by atoms with Gasteiger partial charge in [-0.1, -0.05) is 11.2 Å². The Labute approximate surface area is 146 Å². The molecule has 0 spiro atoms. The van der Waals surface area contributed by atoms with Crippen LogP contribution >= 0.6 is 0 Å². The molecule has 0 saturated carbocycles. The molecule has 1 N–H and O–H groups in total. The minimum atomic E-state index is -0.440. The van der Waals surface area contributed by atoms with Crippen molar-refractivity contribution in [1.82, 2.24) is 15.4 Å². The molecule has 0 radical (unpaired) electrons. The van der Waals surface area contributed by atoms with Gasteiger partial charge in [0.1, 0.15) is 5.76 Å². The average Bonchev–Trinajstić information content (AvgIpc) is 2.86. The fraction of sp³-hybridized carbons (Fsp3) is 0.444. The molecule has 0 unspecified atom stereocenters. The lowest BCUT2D eigenvalue weighted by Crippen LogP contribution is -2.36. The third-order valence-corrected chi connectivity index (χ3v) is 3.73. The standard InChI is InChI=1S/C18H24FN3O3/c1-11(2)24-17-7-6-14(8-16(17)19)9-20-18(23)22(5)10-15-12(3)21-25-13(15)4/h6-8,11H,9-10H2,1-5H3,(H,20,23). The number of amides is 2. The zero-order valence-electron chi connectivity index (χ0n) is 15.2. The number of carbonyl (C=O) groups excluding carboxylic acids is 1. The number of rotatable bonds is 6. The first-order valence-electron chi connectivity index (χ1n) is 8.13. The van der Waals surface area contributed by atoms with Crippen molar-refractivity contribution < 1.29 is 18.4 Å². The number of benzene rings is 1. The van der Waals surface area contributed by atoms with Crippen LogP contribution in [0.2, 0.25) is 0 Å². The van der Waals surface area contributed by atoms with Crippen molar-refractivity contribution >= 4 is 6.03 Å². The Morgan fingerprint density at radius 2 is 2.12 bits per heavy atom. The van der Waals surface area contributed by atoms with Crippen LogP contribution in [-0.2, 0) is 13.1 Å². The quantitative estimate of drug-likeness (QED) is 0.866. The summed E-state index contributed by atoms with van der Waals surface area (Å²) >= 11 is 0. The topological polar surface area (TPSA) is 67.6 Å². The van der Waals surface area contributed by atoms with Crippen molar-refractivity contribution in [2.45, 2.75) is 46.9 Å². The lowest BCUT2D eigenvalue weighted by atomic mass is 10.2.